The number of hydrogen-bond donors (Lipinski definition) is 0. The van der Waals surface area contributed by atoms with Gasteiger partial charge in [-0.05, 0) is 39.7 Å². The van der Waals surface area contributed by atoms with E-state index >= 15 is 0 Å². The number of ether oxygens (including phenoxy) is 1. The monoisotopic (exact) mass is 185 g/mol. The van der Waals surface area contributed by atoms with Crippen LogP contribution in [0, 0.1) is 5.92 Å². The Morgan fingerprint density at radius 2 is 2.15 bits per heavy atom. The van der Waals surface area contributed by atoms with E-state index in [9.17, 15) is 4.79 Å². The van der Waals surface area contributed by atoms with Crippen LogP contribution in [0.4, 0.5) is 0 Å². The zero-order chi connectivity index (χ0) is 9.84. The molecule has 0 spiro atoms. The lowest BCUT2D eigenvalue weighted by Gasteiger charge is -2.16. The van der Waals surface area contributed by atoms with Crippen molar-refractivity contribution in [1.82, 2.24) is 4.90 Å². The number of hydrogen-bond acceptors (Lipinski definition) is 3. The van der Waals surface area contributed by atoms with Gasteiger partial charge >= 0.3 is 5.97 Å². The zero-order valence-corrected chi connectivity index (χ0v) is 8.75. The molecule has 1 aliphatic carbocycles. The average molecular weight is 185 g/mol. The fourth-order valence-electron chi connectivity index (χ4n) is 1.33. The van der Waals surface area contributed by atoms with Gasteiger partial charge in [0.15, 0.2) is 0 Å². The van der Waals surface area contributed by atoms with E-state index in [1.54, 1.807) is 0 Å². The van der Waals surface area contributed by atoms with E-state index in [1.165, 1.54) is 12.8 Å². The van der Waals surface area contributed by atoms with Gasteiger partial charge in [-0.15, -0.1) is 0 Å². The number of carbonyl (C=O) groups excluding carboxylic acids is 1. The summed E-state index contributed by atoms with van der Waals surface area (Å²) in [6.45, 7) is 5.21. The summed E-state index contributed by atoms with van der Waals surface area (Å²) in [5, 5.41) is 0. The van der Waals surface area contributed by atoms with Crippen molar-refractivity contribution in [3.05, 3.63) is 0 Å². The summed E-state index contributed by atoms with van der Waals surface area (Å²) in [6, 6.07) is 0. The molecule has 0 unspecified atom stereocenters. The maximum Gasteiger partial charge on any atom is 0.320 e. The Labute approximate surface area is 80.1 Å². The lowest BCUT2D eigenvalue weighted by molar-refractivity contribution is -0.148. The smallest absolute Gasteiger partial charge is 0.320 e. The quantitative estimate of drug-likeness (QED) is 0.604. The minimum atomic E-state index is -0.113. The third-order valence-corrected chi connectivity index (χ3v) is 2.03. The molecule has 0 radical (unpaired) electrons. The molecule has 1 rings (SSSR count). The van der Waals surface area contributed by atoms with E-state index in [1.807, 2.05) is 25.8 Å². The second-order valence-corrected chi connectivity index (χ2v) is 4.18. The second-order valence-electron chi connectivity index (χ2n) is 4.18. The van der Waals surface area contributed by atoms with Gasteiger partial charge < -0.3 is 4.74 Å². The first-order valence-corrected chi connectivity index (χ1v) is 4.96. The Bertz CT molecular complexity index is 176. The van der Waals surface area contributed by atoms with Gasteiger partial charge in [0, 0.05) is 6.54 Å². The van der Waals surface area contributed by atoms with Crippen molar-refractivity contribution < 1.29 is 9.53 Å². The molecule has 3 nitrogen and oxygen atoms in total. The van der Waals surface area contributed by atoms with Crippen LogP contribution in [0.3, 0.4) is 0 Å². The first-order valence-electron chi connectivity index (χ1n) is 4.96. The molecule has 0 aromatic carbocycles. The first-order chi connectivity index (χ1) is 6.08. The highest BCUT2D eigenvalue weighted by atomic mass is 16.5. The lowest BCUT2D eigenvalue weighted by Crippen LogP contribution is -2.30. The van der Waals surface area contributed by atoms with Crippen molar-refractivity contribution in [2.24, 2.45) is 5.92 Å². The molecule has 1 saturated carbocycles. The van der Waals surface area contributed by atoms with Gasteiger partial charge in [-0.3, -0.25) is 9.69 Å². The summed E-state index contributed by atoms with van der Waals surface area (Å²) >= 11 is 0. The summed E-state index contributed by atoms with van der Waals surface area (Å²) < 4.78 is 5.04. The molecule has 76 valence electrons. The predicted molar refractivity (Wildman–Crippen MR) is 51.4 cm³/mol. The van der Waals surface area contributed by atoms with Gasteiger partial charge in [0.05, 0.1) is 12.6 Å². The fourth-order valence-corrected chi connectivity index (χ4v) is 1.33. The molecule has 0 amide bonds. The van der Waals surface area contributed by atoms with Crippen LogP contribution in [-0.2, 0) is 9.53 Å². The van der Waals surface area contributed by atoms with Gasteiger partial charge in [-0.1, -0.05) is 0 Å². The number of nitrogens with zero attached hydrogens (tertiary/aromatic N) is 1. The standard InChI is InChI=1S/C10H19NO2/c1-8(2)13-10(12)7-11(3)6-9-4-5-9/h8-9H,4-7H2,1-3H3. The fraction of sp³-hybridized carbons (Fsp3) is 0.900. The average Bonchev–Trinajstić information content (AvgIpc) is 2.67. The largest absolute Gasteiger partial charge is 0.462 e. The van der Waals surface area contributed by atoms with Crippen molar-refractivity contribution >= 4 is 5.97 Å². The Morgan fingerprint density at radius 1 is 1.54 bits per heavy atom. The van der Waals surface area contributed by atoms with Gasteiger partial charge in [0.1, 0.15) is 0 Å². The zero-order valence-electron chi connectivity index (χ0n) is 8.75. The molecule has 0 N–H and O–H groups in total. The molecule has 0 atom stereocenters. The van der Waals surface area contributed by atoms with Crippen molar-refractivity contribution in [3.8, 4) is 0 Å². The van der Waals surface area contributed by atoms with E-state index in [2.05, 4.69) is 0 Å². The molecule has 1 fully saturated rings. The summed E-state index contributed by atoms with van der Waals surface area (Å²) in [6.07, 6.45) is 2.65. The van der Waals surface area contributed by atoms with Crippen LogP contribution in [0.25, 0.3) is 0 Å². The van der Waals surface area contributed by atoms with E-state index in [0.29, 0.717) is 6.54 Å². The molecular weight excluding hydrogens is 166 g/mol. The Balaban J connectivity index is 2.10. The normalized spacial score (nSPS) is 16.7. The SMILES string of the molecule is CC(C)OC(=O)CN(C)CC1CC1. The van der Waals surface area contributed by atoms with Crippen molar-refractivity contribution in [2.45, 2.75) is 32.8 Å². The van der Waals surface area contributed by atoms with E-state index in [0.717, 1.165) is 12.5 Å². The van der Waals surface area contributed by atoms with Crippen molar-refractivity contribution in [1.29, 1.82) is 0 Å². The molecular formula is C10H19NO2. The Morgan fingerprint density at radius 3 is 2.62 bits per heavy atom. The van der Waals surface area contributed by atoms with E-state index in [-0.39, 0.29) is 12.1 Å². The predicted octanol–water partition coefficient (Wildman–Crippen LogP) is 1.28. The molecule has 13 heavy (non-hydrogen) atoms. The molecule has 0 aromatic heterocycles. The lowest BCUT2D eigenvalue weighted by atomic mass is 10.4. The highest BCUT2D eigenvalue weighted by Crippen LogP contribution is 2.29. The Hall–Kier alpha value is -0.570. The first kappa shape index (κ1) is 10.5. The molecule has 0 bridgehead atoms. The summed E-state index contributed by atoms with van der Waals surface area (Å²) in [5.41, 5.74) is 0. The summed E-state index contributed by atoms with van der Waals surface area (Å²) in [7, 11) is 1.97. The topological polar surface area (TPSA) is 29.5 Å². The van der Waals surface area contributed by atoms with Crippen LogP contribution < -0.4 is 0 Å². The molecule has 0 saturated heterocycles. The van der Waals surface area contributed by atoms with E-state index < -0.39 is 0 Å². The van der Waals surface area contributed by atoms with Gasteiger partial charge in [0.25, 0.3) is 0 Å². The van der Waals surface area contributed by atoms with Gasteiger partial charge in [-0.2, -0.15) is 0 Å². The molecule has 0 aromatic rings. The van der Waals surface area contributed by atoms with Crippen molar-refractivity contribution in [2.75, 3.05) is 20.1 Å². The van der Waals surface area contributed by atoms with Crippen LogP contribution in [-0.4, -0.2) is 37.1 Å². The second kappa shape index (κ2) is 4.61. The third kappa shape index (κ3) is 4.88. The van der Waals surface area contributed by atoms with Crippen LogP contribution in [0.1, 0.15) is 26.7 Å². The van der Waals surface area contributed by atoms with Gasteiger partial charge in [-0.25, -0.2) is 0 Å². The maximum atomic E-state index is 11.2. The molecule has 3 heteroatoms. The van der Waals surface area contributed by atoms with Gasteiger partial charge in [0.2, 0.25) is 0 Å². The third-order valence-electron chi connectivity index (χ3n) is 2.03. The van der Waals surface area contributed by atoms with Crippen molar-refractivity contribution in [3.63, 3.8) is 0 Å². The van der Waals surface area contributed by atoms with Crippen LogP contribution in [0.15, 0.2) is 0 Å². The van der Waals surface area contributed by atoms with Crippen LogP contribution in [0.2, 0.25) is 0 Å². The highest BCUT2D eigenvalue weighted by Gasteiger charge is 2.23. The summed E-state index contributed by atoms with van der Waals surface area (Å²) in [4.78, 5) is 13.2. The summed E-state index contributed by atoms with van der Waals surface area (Å²) in [5.74, 6) is 0.718. The highest BCUT2D eigenvalue weighted by molar-refractivity contribution is 5.71. The minimum absolute atomic E-state index is 0.00169. The van der Waals surface area contributed by atoms with Crippen LogP contribution in [0.5, 0.6) is 0 Å². The molecule has 1 aliphatic rings. The van der Waals surface area contributed by atoms with Crippen LogP contribution >= 0.6 is 0 Å². The minimum Gasteiger partial charge on any atom is -0.462 e. The number of rotatable bonds is 5. The molecule has 0 heterocycles. The van der Waals surface area contributed by atoms with E-state index in [4.69, 9.17) is 4.74 Å². The number of esters is 1. The Kier molecular flexibility index (Phi) is 3.72. The molecule has 0 aliphatic heterocycles. The maximum absolute atomic E-state index is 11.2. The number of carbonyl (C=O) groups is 1. The number of likely N-dealkylation sites (N-methyl/N-ethyl adjacent to an activating group) is 1.